The standard InChI is InChI=1S/C12H15Cl3O3/c1-3-16-12(17-4-2)7-18-11-6-9(14)8(13)5-10(11)15/h5-6,12H,3-4,7H2,1-2H3. The Labute approximate surface area is 122 Å². The van der Waals surface area contributed by atoms with E-state index < -0.39 is 6.29 Å². The van der Waals surface area contributed by atoms with Gasteiger partial charge in [0.25, 0.3) is 0 Å². The zero-order valence-corrected chi connectivity index (χ0v) is 12.5. The number of ether oxygens (including phenoxy) is 3. The summed E-state index contributed by atoms with van der Waals surface area (Å²) in [6.45, 7) is 5.10. The highest BCUT2D eigenvalue weighted by molar-refractivity contribution is 6.43. The molecule has 3 nitrogen and oxygen atoms in total. The van der Waals surface area contributed by atoms with Gasteiger partial charge in [0.05, 0.1) is 15.1 Å². The van der Waals surface area contributed by atoms with Crippen molar-refractivity contribution < 1.29 is 14.2 Å². The first kappa shape index (κ1) is 15.9. The predicted molar refractivity (Wildman–Crippen MR) is 74.0 cm³/mol. The molecule has 0 N–H and O–H groups in total. The maximum Gasteiger partial charge on any atom is 0.191 e. The second kappa shape index (κ2) is 8.08. The van der Waals surface area contributed by atoms with Gasteiger partial charge in [-0.05, 0) is 19.9 Å². The summed E-state index contributed by atoms with van der Waals surface area (Å²) in [5.74, 6) is 0.454. The van der Waals surface area contributed by atoms with Crippen LogP contribution in [-0.4, -0.2) is 26.1 Å². The van der Waals surface area contributed by atoms with Crippen molar-refractivity contribution in [2.45, 2.75) is 20.1 Å². The second-order valence-corrected chi connectivity index (χ2v) is 4.57. The third-order valence-electron chi connectivity index (χ3n) is 2.05. The number of hydrogen-bond acceptors (Lipinski definition) is 3. The first-order valence-corrected chi connectivity index (χ1v) is 6.72. The minimum Gasteiger partial charge on any atom is -0.487 e. The van der Waals surface area contributed by atoms with Crippen molar-refractivity contribution in [3.05, 3.63) is 27.2 Å². The van der Waals surface area contributed by atoms with Crippen LogP contribution in [0.2, 0.25) is 15.1 Å². The van der Waals surface area contributed by atoms with Crippen LogP contribution in [0, 0.1) is 0 Å². The van der Waals surface area contributed by atoms with Gasteiger partial charge in [-0.1, -0.05) is 34.8 Å². The van der Waals surface area contributed by atoms with Gasteiger partial charge in [0, 0.05) is 19.3 Å². The molecule has 0 saturated heterocycles. The van der Waals surface area contributed by atoms with E-state index >= 15 is 0 Å². The highest BCUT2D eigenvalue weighted by Gasteiger charge is 2.12. The average molecular weight is 314 g/mol. The molecule has 0 radical (unpaired) electrons. The Morgan fingerprint density at radius 1 is 0.944 bits per heavy atom. The molecule has 1 aromatic rings. The maximum atomic E-state index is 5.99. The third kappa shape index (κ3) is 4.82. The van der Waals surface area contributed by atoms with Gasteiger partial charge < -0.3 is 14.2 Å². The van der Waals surface area contributed by atoms with Gasteiger partial charge in [-0.3, -0.25) is 0 Å². The lowest BCUT2D eigenvalue weighted by Crippen LogP contribution is -2.25. The molecule has 0 aliphatic carbocycles. The van der Waals surface area contributed by atoms with Crippen LogP contribution in [0.4, 0.5) is 0 Å². The largest absolute Gasteiger partial charge is 0.487 e. The number of benzene rings is 1. The summed E-state index contributed by atoms with van der Waals surface area (Å²) in [4.78, 5) is 0. The van der Waals surface area contributed by atoms with E-state index in [9.17, 15) is 0 Å². The second-order valence-electron chi connectivity index (χ2n) is 3.35. The van der Waals surface area contributed by atoms with Crippen LogP contribution in [0.1, 0.15) is 13.8 Å². The lowest BCUT2D eigenvalue weighted by Gasteiger charge is -2.18. The molecule has 0 heterocycles. The van der Waals surface area contributed by atoms with E-state index in [1.807, 2.05) is 13.8 Å². The first-order valence-electron chi connectivity index (χ1n) is 5.59. The Hall–Kier alpha value is -0.190. The van der Waals surface area contributed by atoms with Crippen LogP contribution in [0.5, 0.6) is 5.75 Å². The zero-order valence-electron chi connectivity index (χ0n) is 10.2. The molecule has 18 heavy (non-hydrogen) atoms. The van der Waals surface area contributed by atoms with Gasteiger partial charge in [0.2, 0.25) is 0 Å². The summed E-state index contributed by atoms with van der Waals surface area (Å²) in [6.07, 6.45) is -0.425. The Kier molecular flexibility index (Phi) is 7.12. The number of halogens is 3. The summed E-state index contributed by atoms with van der Waals surface area (Å²) in [7, 11) is 0. The quantitative estimate of drug-likeness (QED) is 0.551. The third-order valence-corrected chi connectivity index (χ3v) is 3.07. The topological polar surface area (TPSA) is 27.7 Å². The van der Waals surface area contributed by atoms with E-state index in [0.717, 1.165) is 0 Å². The van der Waals surface area contributed by atoms with Crippen LogP contribution in [-0.2, 0) is 9.47 Å². The molecule has 0 aliphatic heterocycles. The van der Waals surface area contributed by atoms with Gasteiger partial charge in [-0.2, -0.15) is 0 Å². The lowest BCUT2D eigenvalue weighted by molar-refractivity contribution is -0.152. The highest BCUT2D eigenvalue weighted by atomic mass is 35.5. The summed E-state index contributed by atoms with van der Waals surface area (Å²) in [5, 5.41) is 1.18. The van der Waals surface area contributed by atoms with E-state index in [2.05, 4.69) is 0 Å². The summed E-state index contributed by atoms with van der Waals surface area (Å²) >= 11 is 17.7. The fraction of sp³-hybridized carbons (Fsp3) is 0.500. The molecule has 0 atom stereocenters. The molecule has 102 valence electrons. The molecule has 0 bridgehead atoms. The van der Waals surface area contributed by atoms with Crippen LogP contribution in [0.25, 0.3) is 0 Å². The Morgan fingerprint density at radius 2 is 1.50 bits per heavy atom. The van der Waals surface area contributed by atoms with Crippen molar-refractivity contribution in [3.8, 4) is 5.75 Å². The SMILES string of the molecule is CCOC(COc1cc(Cl)c(Cl)cc1Cl)OCC. The predicted octanol–water partition coefficient (Wildman–Crippen LogP) is 4.42. The van der Waals surface area contributed by atoms with Crippen molar-refractivity contribution in [3.63, 3.8) is 0 Å². The average Bonchev–Trinajstić information content (AvgIpc) is 2.32. The maximum absolute atomic E-state index is 5.99. The number of rotatable bonds is 7. The van der Waals surface area contributed by atoms with E-state index in [0.29, 0.717) is 34.0 Å². The molecule has 6 heteroatoms. The minimum atomic E-state index is -0.425. The fourth-order valence-electron chi connectivity index (χ4n) is 1.29. The van der Waals surface area contributed by atoms with Gasteiger partial charge >= 0.3 is 0 Å². The molecule has 1 aromatic carbocycles. The molecule has 0 unspecified atom stereocenters. The van der Waals surface area contributed by atoms with Gasteiger partial charge in [-0.15, -0.1) is 0 Å². The monoisotopic (exact) mass is 312 g/mol. The molecule has 0 aromatic heterocycles. The molecule has 0 amide bonds. The van der Waals surface area contributed by atoms with Gasteiger partial charge in [0.15, 0.2) is 6.29 Å². The summed E-state index contributed by atoms with van der Waals surface area (Å²) < 4.78 is 16.2. The number of hydrogen-bond donors (Lipinski definition) is 0. The van der Waals surface area contributed by atoms with E-state index in [4.69, 9.17) is 49.0 Å². The van der Waals surface area contributed by atoms with E-state index in [-0.39, 0.29) is 6.61 Å². The molecule has 0 saturated carbocycles. The summed E-state index contributed by atoms with van der Waals surface area (Å²) in [6, 6.07) is 3.11. The first-order chi connectivity index (χ1) is 8.58. The van der Waals surface area contributed by atoms with Crippen LogP contribution in [0.3, 0.4) is 0 Å². The fourth-order valence-corrected chi connectivity index (χ4v) is 1.88. The Morgan fingerprint density at radius 3 is 2.06 bits per heavy atom. The lowest BCUT2D eigenvalue weighted by atomic mass is 10.3. The molecule has 1 rings (SSSR count). The van der Waals surface area contributed by atoms with Crippen molar-refractivity contribution in [1.29, 1.82) is 0 Å². The van der Waals surface area contributed by atoms with E-state index in [1.54, 1.807) is 6.07 Å². The Bertz CT molecular complexity index is 379. The Balaban J connectivity index is 2.64. The minimum absolute atomic E-state index is 0.235. The van der Waals surface area contributed by atoms with Crippen molar-refractivity contribution in [1.82, 2.24) is 0 Å². The van der Waals surface area contributed by atoms with Gasteiger partial charge in [0.1, 0.15) is 12.4 Å². The molecule has 0 fully saturated rings. The van der Waals surface area contributed by atoms with Crippen molar-refractivity contribution in [2.75, 3.05) is 19.8 Å². The molecular formula is C12H15Cl3O3. The van der Waals surface area contributed by atoms with Crippen LogP contribution in [0.15, 0.2) is 12.1 Å². The van der Waals surface area contributed by atoms with Crippen LogP contribution >= 0.6 is 34.8 Å². The molecule has 0 aliphatic rings. The van der Waals surface area contributed by atoms with Crippen molar-refractivity contribution >= 4 is 34.8 Å². The summed E-state index contributed by atoms with van der Waals surface area (Å²) in [5.41, 5.74) is 0. The van der Waals surface area contributed by atoms with Crippen LogP contribution < -0.4 is 4.74 Å². The van der Waals surface area contributed by atoms with Gasteiger partial charge in [-0.25, -0.2) is 0 Å². The highest BCUT2D eigenvalue weighted by Crippen LogP contribution is 2.33. The molecule has 0 spiro atoms. The van der Waals surface area contributed by atoms with E-state index in [1.165, 1.54) is 6.07 Å². The normalized spacial score (nSPS) is 11.0. The smallest absolute Gasteiger partial charge is 0.191 e. The van der Waals surface area contributed by atoms with Crippen molar-refractivity contribution in [2.24, 2.45) is 0 Å². The zero-order chi connectivity index (χ0) is 13.5. The molecular weight excluding hydrogens is 298 g/mol.